The summed E-state index contributed by atoms with van der Waals surface area (Å²) in [7, 11) is 0. The second-order valence-corrected chi connectivity index (χ2v) is 11.0. The summed E-state index contributed by atoms with van der Waals surface area (Å²) in [4.78, 5) is 12.2. The van der Waals surface area contributed by atoms with Gasteiger partial charge < -0.3 is 0 Å². The average molecular weight is 490 g/mol. The van der Waals surface area contributed by atoms with Crippen molar-refractivity contribution in [2.75, 3.05) is 0 Å². The van der Waals surface area contributed by atoms with Gasteiger partial charge in [-0.05, 0) is 0 Å². The maximum absolute atomic E-state index is 13.2. The van der Waals surface area contributed by atoms with Crippen LogP contribution in [0.2, 0.25) is 0 Å². The SMILES string of the molecule is CC(C(=O)OC(C1CCCC1)C(O)(C(F)(F)F)C(F)(F)F)C12NI1N2. The molecule has 2 atom stereocenters. The standard InChI is InChI=1S/C13H17F6IN2O3/c1-6(11-20(21-11)22-11)9(23)25-8(7-4-2-3-5-7)10(24,12(14,15)16)13(17,18)19/h6-8,21-22,24H,2-5H2,1H3. The summed E-state index contributed by atoms with van der Waals surface area (Å²) in [6.45, 7) is 1.39. The summed E-state index contributed by atoms with van der Waals surface area (Å²) in [5.41, 5.74) is -5.09. The Balaban J connectivity index is 1.88. The summed E-state index contributed by atoms with van der Waals surface area (Å²) < 4.78 is 89.4. The number of fused-ring (bicyclic) bond motifs is 1. The molecular weight excluding hydrogens is 473 g/mol. The minimum atomic E-state index is -6.02. The van der Waals surface area contributed by atoms with Gasteiger partial charge in [-0.2, -0.15) is 0 Å². The Hall–Kier alpha value is -0.340. The number of nitrogens with one attached hydrogen (secondary N) is 2. The number of alkyl halides is 7. The fourth-order valence-corrected chi connectivity index (χ4v) is 8.08. The molecule has 0 bridgehead atoms. The summed E-state index contributed by atoms with van der Waals surface area (Å²) in [6, 6.07) is 0. The van der Waals surface area contributed by atoms with Gasteiger partial charge in [-0.1, -0.05) is 0 Å². The Morgan fingerprint density at radius 2 is 1.60 bits per heavy atom. The third kappa shape index (κ3) is 3.02. The summed E-state index contributed by atoms with van der Waals surface area (Å²) in [5.74, 6) is -3.27. The van der Waals surface area contributed by atoms with Crippen LogP contribution in [0.3, 0.4) is 0 Å². The van der Waals surface area contributed by atoms with E-state index in [1.54, 1.807) is 0 Å². The number of esters is 1. The van der Waals surface area contributed by atoms with Crippen LogP contribution in [0.1, 0.15) is 32.6 Å². The summed E-state index contributed by atoms with van der Waals surface area (Å²) in [5, 5.41) is 9.72. The monoisotopic (exact) mass is 490 g/mol. The molecule has 1 saturated carbocycles. The molecule has 0 spiro atoms. The molecular formula is C13H17F6IN2O3. The Morgan fingerprint density at radius 1 is 1.16 bits per heavy atom. The first-order valence-corrected chi connectivity index (χ1v) is 10.9. The molecule has 12 heteroatoms. The zero-order valence-corrected chi connectivity index (χ0v) is 15.1. The fourth-order valence-electron chi connectivity index (χ4n) is 3.22. The van der Waals surface area contributed by atoms with Gasteiger partial charge in [-0.15, -0.1) is 0 Å². The summed E-state index contributed by atoms with van der Waals surface area (Å²) in [6.07, 6.45) is -13.8. The van der Waals surface area contributed by atoms with Crippen molar-refractivity contribution in [1.29, 1.82) is 0 Å². The van der Waals surface area contributed by atoms with E-state index in [9.17, 15) is 36.2 Å². The predicted molar refractivity (Wildman–Crippen MR) is 81.1 cm³/mol. The molecule has 2 saturated heterocycles. The Bertz CT molecular complexity index is 543. The van der Waals surface area contributed by atoms with E-state index >= 15 is 0 Å². The molecule has 1 aliphatic carbocycles. The van der Waals surface area contributed by atoms with Gasteiger partial charge in [0.25, 0.3) is 0 Å². The van der Waals surface area contributed by atoms with E-state index in [0.29, 0.717) is 12.8 Å². The number of rotatable bonds is 5. The van der Waals surface area contributed by atoms with Gasteiger partial charge in [0.05, 0.1) is 0 Å². The molecule has 0 amide bonds. The van der Waals surface area contributed by atoms with Gasteiger partial charge in [-0.25, -0.2) is 0 Å². The molecule has 0 aromatic heterocycles. The molecule has 0 aromatic carbocycles. The molecule has 2 unspecified atom stereocenters. The van der Waals surface area contributed by atoms with Crippen molar-refractivity contribution in [2.45, 2.75) is 60.3 Å². The number of ether oxygens (including phenoxy) is 1. The predicted octanol–water partition coefficient (Wildman–Crippen LogP) is 2.78. The topological polar surface area (TPSA) is 90.4 Å². The van der Waals surface area contributed by atoms with E-state index < -0.39 is 65.9 Å². The Morgan fingerprint density at radius 3 is 1.96 bits per heavy atom. The van der Waals surface area contributed by atoms with E-state index in [2.05, 4.69) is 7.06 Å². The van der Waals surface area contributed by atoms with Crippen LogP contribution in [0, 0.1) is 11.8 Å². The molecule has 2 heterocycles. The van der Waals surface area contributed by atoms with E-state index in [1.807, 2.05) is 0 Å². The van der Waals surface area contributed by atoms with E-state index in [-0.39, 0.29) is 12.8 Å². The number of halogens is 7. The van der Waals surface area contributed by atoms with E-state index in [0.717, 1.165) is 0 Å². The van der Waals surface area contributed by atoms with Crippen molar-refractivity contribution in [3.05, 3.63) is 0 Å². The minimum absolute atomic E-state index is 0.0287. The molecule has 2 aliphatic heterocycles. The second kappa shape index (κ2) is 5.83. The van der Waals surface area contributed by atoms with Crippen LogP contribution in [0.25, 0.3) is 0 Å². The molecule has 146 valence electrons. The quantitative estimate of drug-likeness (QED) is 0.105. The van der Waals surface area contributed by atoms with Crippen molar-refractivity contribution >= 4 is 26.3 Å². The molecule has 3 N–H and O–H groups in total. The number of hydrogen-bond acceptors (Lipinski definition) is 5. The van der Waals surface area contributed by atoms with Crippen molar-refractivity contribution in [2.24, 2.45) is 11.8 Å². The number of carbonyl (C=O) groups is 1. The van der Waals surface area contributed by atoms with Gasteiger partial charge >= 0.3 is 147 Å². The molecule has 3 rings (SSSR count). The molecule has 5 nitrogen and oxygen atoms in total. The van der Waals surface area contributed by atoms with Crippen LogP contribution in [0.4, 0.5) is 26.3 Å². The van der Waals surface area contributed by atoms with E-state index in [4.69, 9.17) is 4.74 Å². The van der Waals surface area contributed by atoms with Crippen LogP contribution >= 0.6 is 20.4 Å². The van der Waals surface area contributed by atoms with Gasteiger partial charge in [0.15, 0.2) is 0 Å². The van der Waals surface area contributed by atoms with Crippen molar-refractivity contribution < 1.29 is 41.0 Å². The van der Waals surface area contributed by atoms with E-state index in [1.165, 1.54) is 6.92 Å². The molecule has 0 radical (unpaired) electrons. The molecule has 0 aromatic rings. The second-order valence-electron chi connectivity index (χ2n) is 6.57. The van der Waals surface area contributed by atoms with Crippen LogP contribution in [0.5, 0.6) is 0 Å². The Labute approximate surface area is 146 Å². The first-order valence-electron chi connectivity index (χ1n) is 7.66. The van der Waals surface area contributed by atoms with Gasteiger partial charge in [0, 0.05) is 0 Å². The number of aliphatic hydroxyl groups is 1. The molecule has 3 fully saturated rings. The number of hydrogen-bond donors (Lipinski definition) is 3. The van der Waals surface area contributed by atoms with Gasteiger partial charge in [0.2, 0.25) is 0 Å². The third-order valence-electron chi connectivity index (χ3n) is 4.99. The fraction of sp³-hybridized carbons (Fsp3) is 0.923. The molecule has 25 heavy (non-hydrogen) atoms. The van der Waals surface area contributed by atoms with Crippen molar-refractivity contribution in [3.8, 4) is 0 Å². The summed E-state index contributed by atoms with van der Waals surface area (Å²) >= 11 is -1.63. The zero-order chi connectivity index (χ0) is 18.8. The van der Waals surface area contributed by atoms with Crippen LogP contribution in [-0.2, 0) is 9.53 Å². The normalized spacial score (nSPS) is 26.8. The van der Waals surface area contributed by atoms with Crippen LogP contribution in [0.15, 0.2) is 0 Å². The Kier molecular flexibility index (Phi) is 4.53. The van der Waals surface area contributed by atoms with Crippen LogP contribution < -0.4 is 7.06 Å². The van der Waals surface area contributed by atoms with Crippen molar-refractivity contribution in [3.63, 3.8) is 0 Å². The first kappa shape index (κ1) is 19.4. The average Bonchev–Trinajstić information content (AvgIpc) is 3.26. The van der Waals surface area contributed by atoms with Crippen LogP contribution in [-0.4, -0.2) is 38.8 Å². The molecule has 3 aliphatic rings. The third-order valence-corrected chi connectivity index (χ3v) is 9.86. The zero-order valence-electron chi connectivity index (χ0n) is 13.0. The van der Waals surface area contributed by atoms with Gasteiger partial charge in [0.1, 0.15) is 0 Å². The van der Waals surface area contributed by atoms with Crippen molar-refractivity contribution in [1.82, 2.24) is 7.06 Å². The van der Waals surface area contributed by atoms with Gasteiger partial charge in [-0.3, -0.25) is 0 Å². The first-order chi connectivity index (χ1) is 11.3. The number of carbonyl (C=O) groups excluding carboxylic acids is 1. The maximum atomic E-state index is 13.2.